The monoisotopic (exact) mass is 371 g/mol. The first-order chi connectivity index (χ1) is 10.2. The first-order valence-electron chi connectivity index (χ1n) is 7.08. The van der Waals surface area contributed by atoms with E-state index in [0.717, 1.165) is 10.0 Å². The fourth-order valence-corrected chi connectivity index (χ4v) is 2.23. The van der Waals surface area contributed by atoms with E-state index in [4.69, 9.17) is 4.74 Å². The molecule has 22 heavy (non-hydrogen) atoms. The Hall–Kier alpha value is -1.40. The van der Waals surface area contributed by atoms with Crippen LogP contribution in [0, 0.1) is 0 Å². The van der Waals surface area contributed by atoms with Crippen molar-refractivity contribution in [3.8, 4) is 0 Å². The number of aliphatic carboxylic acids is 1. The van der Waals surface area contributed by atoms with Gasteiger partial charge in [-0.05, 0) is 32.4 Å². The maximum Gasteiger partial charge on any atom is 0.326 e. The van der Waals surface area contributed by atoms with Crippen molar-refractivity contribution in [3.63, 3.8) is 0 Å². The average molecular weight is 372 g/mol. The molecular weight excluding hydrogens is 350 g/mol. The molecule has 1 aromatic carbocycles. The third-order valence-corrected chi connectivity index (χ3v) is 3.66. The highest BCUT2D eigenvalue weighted by atomic mass is 79.9. The number of ether oxygens (including phenoxy) is 1. The number of benzene rings is 1. The standard InChI is InChI=1S/C16H22BrNO4/c1-16(2,3)22-9-8-13(15(20)21)18-14(19)10-11-6-4-5-7-12(11)17/h4-7,13H,8-10H2,1-3H3,(H,18,19)(H,20,21). The molecule has 0 radical (unpaired) electrons. The van der Waals surface area contributed by atoms with E-state index in [2.05, 4.69) is 21.2 Å². The predicted octanol–water partition coefficient (Wildman–Crippen LogP) is 2.77. The van der Waals surface area contributed by atoms with Gasteiger partial charge in [-0.15, -0.1) is 0 Å². The van der Waals surface area contributed by atoms with Crippen molar-refractivity contribution in [3.05, 3.63) is 34.3 Å². The topological polar surface area (TPSA) is 75.6 Å². The Morgan fingerprint density at radius 1 is 1.32 bits per heavy atom. The van der Waals surface area contributed by atoms with Gasteiger partial charge >= 0.3 is 5.97 Å². The summed E-state index contributed by atoms with van der Waals surface area (Å²) in [5.41, 5.74) is 0.484. The first kappa shape index (κ1) is 18.6. The van der Waals surface area contributed by atoms with E-state index in [-0.39, 0.29) is 31.0 Å². The van der Waals surface area contributed by atoms with Crippen molar-refractivity contribution in [2.75, 3.05) is 6.61 Å². The van der Waals surface area contributed by atoms with Gasteiger partial charge < -0.3 is 15.2 Å². The van der Waals surface area contributed by atoms with Crippen molar-refractivity contribution in [1.29, 1.82) is 0 Å². The Kier molecular flexibility index (Phi) is 7.03. The van der Waals surface area contributed by atoms with Gasteiger partial charge in [-0.1, -0.05) is 34.1 Å². The third-order valence-electron chi connectivity index (χ3n) is 2.88. The molecular formula is C16H22BrNO4. The van der Waals surface area contributed by atoms with Crippen LogP contribution in [0.3, 0.4) is 0 Å². The first-order valence-corrected chi connectivity index (χ1v) is 7.88. The van der Waals surface area contributed by atoms with Gasteiger partial charge in [-0.2, -0.15) is 0 Å². The molecule has 0 bridgehead atoms. The zero-order chi connectivity index (χ0) is 16.8. The van der Waals surface area contributed by atoms with Crippen LogP contribution in [0.5, 0.6) is 0 Å². The molecule has 2 N–H and O–H groups in total. The van der Waals surface area contributed by atoms with E-state index in [1.54, 1.807) is 0 Å². The minimum absolute atomic E-state index is 0.130. The second-order valence-corrected chi connectivity index (χ2v) is 6.83. The van der Waals surface area contributed by atoms with E-state index < -0.39 is 12.0 Å². The molecule has 1 aromatic rings. The maximum atomic E-state index is 12.0. The number of amides is 1. The van der Waals surface area contributed by atoms with Gasteiger partial charge in [-0.25, -0.2) is 4.79 Å². The number of nitrogens with one attached hydrogen (secondary N) is 1. The van der Waals surface area contributed by atoms with Crippen LogP contribution in [0.25, 0.3) is 0 Å². The number of rotatable bonds is 7. The zero-order valence-electron chi connectivity index (χ0n) is 13.1. The van der Waals surface area contributed by atoms with Crippen molar-refractivity contribution in [2.24, 2.45) is 0 Å². The molecule has 1 atom stereocenters. The quantitative estimate of drug-likeness (QED) is 0.772. The predicted molar refractivity (Wildman–Crippen MR) is 87.7 cm³/mol. The summed E-state index contributed by atoms with van der Waals surface area (Å²) in [6.07, 6.45) is 0.361. The summed E-state index contributed by atoms with van der Waals surface area (Å²) in [5, 5.41) is 11.7. The van der Waals surface area contributed by atoms with Crippen molar-refractivity contribution >= 4 is 27.8 Å². The van der Waals surface area contributed by atoms with Crippen molar-refractivity contribution < 1.29 is 19.4 Å². The summed E-state index contributed by atoms with van der Waals surface area (Å²) in [6, 6.07) is 6.41. The van der Waals surface area contributed by atoms with Crippen molar-refractivity contribution in [2.45, 2.75) is 45.3 Å². The summed E-state index contributed by atoms with van der Waals surface area (Å²) in [5.74, 6) is -1.38. The van der Waals surface area contributed by atoms with E-state index >= 15 is 0 Å². The molecule has 1 amide bonds. The number of halogens is 1. The van der Waals surface area contributed by atoms with Gasteiger partial charge in [0.2, 0.25) is 5.91 Å². The molecule has 0 aliphatic rings. The van der Waals surface area contributed by atoms with Crippen LogP contribution in [-0.2, 0) is 20.7 Å². The molecule has 0 heterocycles. The Morgan fingerprint density at radius 2 is 1.95 bits per heavy atom. The zero-order valence-corrected chi connectivity index (χ0v) is 14.6. The minimum Gasteiger partial charge on any atom is -0.480 e. The average Bonchev–Trinajstić information content (AvgIpc) is 2.38. The molecule has 1 unspecified atom stereocenters. The molecule has 5 nitrogen and oxygen atoms in total. The highest BCUT2D eigenvalue weighted by Crippen LogP contribution is 2.16. The van der Waals surface area contributed by atoms with Crippen LogP contribution in [-0.4, -0.2) is 35.2 Å². The number of carboxylic acids is 1. The Labute approximate surface area is 139 Å². The van der Waals surface area contributed by atoms with E-state index in [1.807, 2.05) is 45.0 Å². The summed E-state index contributed by atoms with van der Waals surface area (Å²) < 4.78 is 6.33. The third kappa shape index (κ3) is 7.04. The molecule has 6 heteroatoms. The number of carbonyl (C=O) groups excluding carboxylic acids is 1. The molecule has 0 saturated heterocycles. The lowest BCUT2D eigenvalue weighted by molar-refractivity contribution is -0.142. The van der Waals surface area contributed by atoms with Gasteiger partial charge in [0.25, 0.3) is 0 Å². The second kappa shape index (κ2) is 8.29. The lowest BCUT2D eigenvalue weighted by Gasteiger charge is -2.21. The van der Waals surface area contributed by atoms with Gasteiger partial charge in [0.15, 0.2) is 0 Å². The highest BCUT2D eigenvalue weighted by Gasteiger charge is 2.21. The van der Waals surface area contributed by atoms with E-state index in [0.29, 0.717) is 0 Å². The van der Waals surface area contributed by atoms with Gasteiger partial charge in [-0.3, -0.25) is 4.79 Å². The van der Waals surface area contributed by atoms with Crippen LogP contribution < -0.4 is 5.32 Å². The van der Waals surface area contributed by atoms with Crippen LogP contribution in [0.2, 0.25) is 0 Å². The van der Waals surface area contributed by atoms with Crippen LogP contribution in [0.4, 0.5) is 0 Å². The lowest BCUT2D eigenvalue weighted by atomic mass is 10.1. The smallest absolute Gasteiger partial charge is 0.326 e. The summed E-state index contributed by atoms with van der Waals surface area (Å²) in [6.45, 7) is 5.96. The van der Waals surface area contributed by atoms with Crippen LogP contribution in [0.1, 0.15) is 32.8 Å². The minimum atomic E-state index is -1.06. The number of carboxylic acid groups (broad SMARTS) is 1. The molecule has 0 saturated carbocycles. The number of hydrogen-bond acceptors (Lipinski definition) is 3. The van der Waals surface area contributed by atoms with E-state index in [1.165, 1.54) is 0 Å². The Bertz CT molecular complexity index is 525. The van der Waals surface area contributed by atoms with Crippen LogP contribution >= 0.6 is 15.9 Å². The van der Waals surface area contributed by atoms with Gasteiger partial charge in [0.05, 0.1) is 12.0 Å². The SMILES string of the molecule is CC(C)(C)OCCC(NC(=O)Cc1ccccc1Br)C(=O)O. The summed E-state index contributed by atoms with van der Waals surface area (Å²) in [4.78, 5) is 23.2. The lowest BCUT2D eigenvalue weighted by Crippen LogP contribution is -2.42. The molecule has 0 fully saturated rings. The maximum absolute atomic E-state index is 12.0. The molecule has 0 aliphatic carbocycles. The fourth-order valence-electron chi connectivity index (χ4n) is 1.80. The van der Waals surface area contributed by atoms with Gasteiger partial charge in [0.1, 0.15) is 6.04 Å². The summed E-state index contributed by atoms with van der Waals surface area (Å²) >= 11 is 3.37. The molecule has 1 rings (SSSR count). The molecule has 0 aromatic heterocycles. The highest BCUT2D eigenvalue weighted by molar-refractivity contribution is 9.10. The Morgan fingerprint density at radius 3 is 2.50 bits per heavy atom. The molecule has 0 spiro atoms. The fraction of sp³-hybridized carbons (Fsp3) is 0.500. The van der Waals surface area contributed by atoms with Gasteiger partial charge in [0, 0.05) is 17.5 Å². The Balaban J connectivity index is 2.54. The number of hydrogen-bond donors (Lipinski definition) is 2. The normalized spacial score (nSPS) is 12.7. The largest absolute Gasteiger partial charge is 0.480 e. The van der Waals surface area contributed by atoms with Crippen molar-refractivity contribution in [1.82, 2.24) is 5.32 Å². The molecule has 0 aliphatic heterocycles. The molecule has 122 valence electrons. The second-order valence-electron chi connectivity index (χ2n) is 5.98. The summed E-state index contributed by atoms with van der Waals surface area (Å²) in [7, 11) is 0. The number of carbonyl (C=O) groups is 2. The van der Waals surface area contributed by atoms with E-state index in [9.17, 15) is 14.7 Å². The van der Waals surface area contributed by atoms with Crippen LogP contribution in [0.15, 0.2) is 28.7 Å².